The van der Waals surface area contributed by atoms with Gasteiger partial charge in [-0.1, -0.05) is 16.6 Å². The zero-order valence-electron chi connectivity index (χ0n) is 9.11. The third kappa shape index (κ3) is 1.72. The molecular weight excluding hydrogens is 250 g/mol. The first kappa shape index (κ1) is 10.8. The lowest BCUT2D eigenvalue weighted by molar-refractivity contribution is -0.119. The molecule has 0 N–H and O–H groups in total. The standard InChI is InChI=1S/C12H7N3O2S/c16-11-5-6-12(17)15(11)9-3-1-8(2-4-9)10-7-18-14-13-10/h1-7H. The molecule has 18 heavy (non-hydrogen) atoms. The van der Waals surface area contributed by atoms with E-state index in [4.69, 9.17) is 0 Å². The summed E-state index contributed by atoms with van der Waals surface area (Å²) in [5.74, 6) is -0.633. The van der Waals surface area contributed by atoms with Crippen LogP contribution in [0, 0.1) is 0 Å². The van der Waals surface area contributed by atoms with E-state index in [9.17, 15) is 9.59 Å². The van der Waals surface area contributed by atoms with Crippen LogP contribution in [0.5, 0.6) is 0 Å². The van der Waals surface area contributed by atoms with E-state index in [0.29, 0.717) is 5.69 Å². The Bertz CT molecular complexity index is 614. The van der Waals surface area contributed by atoms with E-state index < -0.39 is 0 Å². The first-order valence-corrected chi connectivity index (χ1v) is 6.03. The van der Waals surface area contributed by atoms with Gasteiger partial charge in [-0.05, 0) is 23.7 Å². The number of amides is 2. The number of aromatic nitrogens is 2. The average molecular weight is 257 g/mol. The zero-order valence-corrected chi connectivity index (χ0v) is 9.92. The summed E-state index contributed by atoms with van der Waals surface area (Å²) >= 11 is 1.27. The van der Waals surface area contributed by atoms with Crippen molar-refractivity contribution in [1.82, 2.24) is 9.59 Å². The van der Waals surface area contributed by atoms with Gasteiger partial charge in [0.2, 0.25) is 0 Å². The summed E-state index contributed by atoms with van der Waals surface area (Å²) < 4.78 is 3.79. The molecule has 0 fully saturated rings. The molecule has 2 amide bonds. The maximum Gasteiger partial charge on any atom is 0.258 e. The minimum atomic E-state index is -0.317. The van der Waals surface area contributed by atoms with Crippen molar-refractivity contribution >= 4 is 29.0 Å². The summed E-state index contributed by atoms with van der Waals surface area (Å²) in [6.45, 7) is 0. The molecule has 3 rings (SSSR count). The smallest absolute Gasteiger partial charge is 0.258 e. The van der Waals surface area contributed by atoms with Crippen molar-refractivity contribution in [3.63, 3.8) is 0 Å². The van der Waals surface area contributed by atoms with E-state index in [1.54, 1.807) is 12.1 Å². The summed E-state index contributed by atoms with van der Waals surface area (Å²) in [6.07, 6.45) is 2.53. The lowest BCUT2D eigenvalue weighted by Gasteiger charge is -2.13. The van der Waals surface area contributed by atoms with Gasteiger partial charge in [0.05, 0.1) is 5.69 Å². The Hall–Kier alpha value is -2.34. The number of imide groups is 1. The number of carbonyl (C=O) groups is 2. The van der Waals surface area contributed by atoms with Crippen LogP contribution in [0.3, 0.4) is 0 Å². The number of rotatable bonds is 2. The Morgan fingerprint density at radius 3 is 2.22 bits per heavy atom. The normalized spacial score (nSPS) is 14.6. The molecule has 0 radical (unpaired) electrons. The molecule has 0 saturated carbocycles. The van der Waals surface area contributed by atoms with Gasteiger partial charge in [-0.25, -0.2) is 4.90 Å². The van der Waals surface area contributed by atoms with Gasteiger partial charge >= 0.3 is 0 Å². The first-order chi connectivity index (χ1) is 8.75. The van der Waals surface area contributed by atoms with E-state index >= 15 is 0 Å². The van der Waals surface area contributed by atoms with Crippen molar-refractivity contribution in [3.05, 3.63) is 41.8 Å². The van der Waals surface area contributed by atoms with Gasteiger partial charge in [0.1, 0.15) is 5.69 Å². The molecule has 0 atom stereocenters. The predicted molar refractivity (Wildman–Crippen MR) is 67.0 cm³/mol. The van der Waals surface area contributed by atoms with Crippen LogP contribution in [0.4, 0.5) is 5.69 Å². The quantitative estimate of drug-likeness (QED) is 0.767. The molecular formula is C12H7N3O2S. The highest BCUT2D eigenvalue weighted by molar-refractivity contribution is 7.03. The van der Waals surface area contributed by atoms with E-state index in [1.165, 1.54) is 23.7 Å². The zero-order chi connectivity index (χ0) is 12.5. The van der Waals surface area contributed by atoms with Crippen molar-refractivity contribution < 1.29 is 9.59 Å². The van der Waals surface area contributed by atoms with E-state index in [2.05, 4.69) is 9.59 Å². The van der Waals surface area contributed by atoms with Gasteiger partial charge in [0.25, 0.3) is 11.8 Å². The Morgan fingerprint density at radius 2 is 1.67 bits per heavy atom. The first-order valence-electron chi connectivity index (χ1n) is 5.19. The van der Waals surface area contributed by atoms with Crippen LogP contribution in [-0.4, -0.2) is 21.4 Å². The van der Waals surface area contributed by atoms with Crippen LogP contribution < -0.4 is 4.90 Å². The van der Waals surface area contributed by atoms with Crippen LogP contribution in [-0.2, 0) is 9.59 Å². The molecule has 2 heterocycles. The lowest BCUT2D eigenvalue weighted by atomic mass is 10.1. The second kappa shape index (κ2) is 4.15. The second-order valence-electron chi connectivity index (χ2n) is 3.68. The summed E-state index contributed by atoms with van der Waals surface area (Å²) in [7, 11) is 0. The van der Waals surface area contributed by atoms with Crippen molar-refractivity contribution in [2.24, 2.45) is 0 Å². The molecule has 1 aromatic heterocycles. The Kier molecular flexibility index (Phi) is 2.49. The highest BCUT2D eigenvalue weighted by Gasteiger charge is 2.24. The highest BCUT2D eigenvalue weighted by Crippen LogP contribution is 2.24. The molecule has 0 aliphatic carbocycles. The number of hydrogen-bond donors (Lipinski definition) is 0. The molecule has 0 saturated heterocycles. The molecule has 0 bridgehead atoms. The summed E-state index contributed by atoms with van der Waals surface area (Å²) in [6, 6.07) is 7.06. The second-order valence-corrected chi connectivity index (χ2v) is 4.29. The third-order valence-electron chi connectivity index (χ3n) is 2.59. The van der Waals surface area contributed by atoms with E-state index in [1.807, 2.05) is 17.5 Å². The SMILES string of the molecule is O=C1C=CC(=O)N1c1ccc(-c2csnn2)cc1. The largest absolute Gasteiger partial charge is 0.269 e. The minimum absolute atomic E-state index is 0.317. The number of benzene rings is 1. The molecule has 1 aliphatic rings. The number of hydrogen-bond acceptors (Lipinski definition) is 5. The van der Waals surface area contributed by atoms with Crippen LogP contribution in [0.15, 0.2) is 41.8 Å². The molecule has 0 spiro atoms. The Balaban J connectivity index is 1.92. The molecule has 2 aromatic rings. The topological polar surface area (TPSA) is 63.2 Å². The fourth-order valence-corrected chi connectivity index (χ4v) is 2.19. The molecule has 6 heteroatoms. The van der Waals surface area contributed by atoms with Gasteiger partial charge in [-0.3, -0.25) is 9.59 Å². The van der Waals surface area contributed by atoms with Crippen LogP contribution in [0.25, 0.3) is 11.3 Å². The van der Waals surface area contributed by atoms with Crippen LogP contribution >= 0.6 is 11.5 Å². The van der Waals surface area contributed by atoms with Crippen LogP contribution in [0.1, 0.15) is 0 Å². The summed E-state index contributed by atoms with van der Waals surface area (Å²) in [4.78, 5) is 24.1. The van der Waals surface area contributed by atoms with Crippen molar-refractivity contribution in [1.29, 1.82) is 0 Å². The third-order valence-corrected chi connectivity index (χ3v) is 3.10. The molecule has 1 aliphatic heterocycles. The number of carbonyl (C=O) groups excluding carboxylic acids is 2. The molecule has 5 nitrogen and oxygen atoms in total. The van der Waals surface area contributed by atoms with Crippen molar-refractivity contribution in [2.75, 3.05) is 4.90 Å². The van der Waals surface area contributed by atoms with Gasteiger partial charge in [-0.2, -0.15) is 0 Å². The van der Waals surface area contributed by atoms with Gasteiger partial charge in [-0.15, -0.1) is 5.10 Å². The van der Waals surface area contributed by atoms with E-state index in [-0.39, 0.29) is 11.8 Å². The highest BCUT2D eigenvalue weighted by atomic mass is 32.1. The monoisotopic (exact) mass is 257 g/mol. The number of nitrogens with zero attached hydrogens (tertiary/aromatic N) is 3. The van der Waals surface area contributed by atoms with Gasteiger partial charge in [0.15, 0.2) is 0 Å². The Morgan fingerprint density at radius 1 is 1.00 bits per heavy atom. The summed E-state index contributed by atoms with van der Waals surface area (Å²) in [5, 5.41) is 5.79. The minimum Gasteiger partial charge on any atom is -0.269 e. The maximum absolute atomic E-state index is 11.5. The fourth-order valence-electron chi connectivity index (χ4n) is 1.73. The average Bonchev–Trinajstić information content (AvgIpc) is 3.01. The molecule has 0 unspecified atom stereocenters. The summed E-state index contributed by atoms with van der Waals surface area (Å²) in [5.41, 5.74) is 2.24. The molecule has 1 aromatic carbocycles. The van der Waals surface area contributed by atoms with Gasteiger partial charge in [0, 0.05) is 23.1 Å². The van der Waals surface area contributed by atoms with Crippen molar-refractivity contribution in [2.45, 2.75) is 0 Å². The Labute approximate surface area is 107 Å². The van der Waals surface area contributed by atoms with Crippen LogP contribution in [0.2, 0.25) is 0 Å². The van der Waals surface area contributed by atoms with E-state index in [0.717, 1.165) is 16.2 Å². The lowest BCUT2D eigenvalue weighted by Crippen LogP contribution is -2.29. The van der Waals surface area contributed by atoms with Gasteiger partial charge < -0.3 is 0 Å². The van der Waals surface area contributed by atoms with Crippen molar-refractivity contribution in [3.8, 4) is 11.3 Å². The predicted octanol–water partition coefficient (Wildman–Crippen LogP) is 1.63. The fraction of sp³-hybridized carbons (Fsp3) is 0. The number of anilines is 1. The maximum atomic E-state index is 11.5. The molecule has 88 valence electrons.